The van der Waals surface area contributed by atoms with Crippen LogP contribution in [0, 0.1) is 0 Å². The first-order chi connectivity index (χ1) is 11.3. The van der Waals surface area contributed by atoms with Gasteiger partial charge in [-0.25, -0.2) is 0 Å². The molecule has 26 heavy (non-hydrogen) atoms. The van der Waals surface area contributed by atoms with E-state index >= 15 is 0 Å². The number of allylic oxidation sites excluding steroid dienone is 2. The Labute approximate surface area is 181 Å². The van der Waals surface area contributed by atoms with Gasteiger partial charge in [-0.1, -0.05) is 0 Å². The Morgan fingerprint density at radius 2 is 1.04 bits per heavy atom. The Morgan fingerprint density at radius 1 is 0.692 bits per heavy atom. The Bertz CT molecular complexity index is 908. The van der Waals surface area contributed by atoms with Crippen LogP contribution in [0.15, 0.2) is 59.7 Å². The van der Waals surface area contributed by atoms with Gasteiger partial charge in [-0.15, -0.1) is 34.0 Å². The van der Waals surface area contributed by atoms with Crippen LogP contribution >= 0.6 is 34.0 Å². The Kier molecular flexibility index (Phi) is 6.36. The molecule has 2 aromatic carbocycles. The van der Waals surface area contributed by atoms with Gasteiger partial charge in [0.15, 0.2) is 0 Å². The van der Waals surface area contributed by atoms with Crippen LogP contribution < -0.4 is 0 Å². The van der Waals surface area contributed by atoms with E-state index in [2.05, 4.69) is 90.7 Å². The Balaban J connectivity index is 0.00000121. The van der Waals surface area contributed by atoms with Crippen LogP contribution in [-0.4, -0.2) is 6.88 Å². The summed E-state index contributed by atoms with van der Waals surface area (Å²) < 4.78 is 6.68. The zero-order chi connectivity index (χ0) is 17.1. The van der Waals surface area contributed by atoms with E-state index in [1.807, 2.05) is 0 Å². The summed E-state index contributed by atoms with van der Waals surface area (Å²) in [5.41, 5.74) is 9.22. The van der Waals surface area contributed by atoms with Crippen LogP contribution in [0.1, 0.15) is 43.4 Å². The number of benzene rings is 2. The van der Waals surface area contributed by atoms with E-state index in [4.69, 9.17) is 0 Å². The molecule has 0 aliphatic heterocycles. The van der Waals surface area contributed by atoms with Crippen LogP contribution in [0.2, 0.25) is 9.26 Å². The molecule has 4 rings (SSSR count). The van der Waals surface area contributed by atoms with Gasteiger partial charge in [0.2, 0.25) is 0 Å². The number of hydrogen-bond acceptors (Lipinski definition) is 0. The molecule has 2 aliphatic rings. The topological polar surface area (TPSA) is 0 Å². The van der Waals surface area contributed by atoms with Gasteiger partial charge >= 0.3 is 149 Å². The third-order valence-corrected chi connectivity index (χ3v) is 24.1. The molecule has 0 N–H and O–H groups in total. The van der Waals surface area contributed by atoms with Crippen LogP contribution in [0.3, 0.4) is 0 Å². The Morgan fingerprint density at radius 3 is 1.42 bits per heavy atom. The van der Waals surface area contributed by atoms with Crippen LogP contribution in [0.25, 0.3) is 12.2 Å². The normalized spacial score (nSPS) is 21.0. The van der Waals surface area contributed by atoms with E-state index in [9.17, 15) is 0 Å². The van der Waals surface area contributed by atoms with E-state index in [0.29, 0.717) is 7.25 Å². The van der Waals surface area contributed by atoms with Crippen molar-refractivity contribution in [1.29, 1.82) is 0 Å². The average molecular weight is 572 g/mol. The summed E-state index contributed by atoms with van der Waals surface area (Å²) in [5.74, 6) is 0. The third-order valence-electron chi connectivity index (χ3n) is 6.19. The molecule has 2 aromatic rings. The second kappa shape index (κ2) is 7.43. The third kappa shape index (κ3) is 3.30. The predicted octanol–water partition coefficient (Wildman–Crippen LogP) is 6.79. The first-order valence-electron chi connectivity index (χ1n) is 8.90. The molecule has 0 saturated carbocycles. The van der Waals surface area contributed by atoms with Gasteiger partial charge in [-0.3, -0.25) is 0 Å². The predicted molar refractivity (Wildman–Crippen MR) is 127 cm³/mol. The molecule has 0 amide bonds. The zero-order valence-corrected chi connectivity index (χ0v) is 23.3. The van der Waals surface area contributed by atoms with Gasteiger partial charge in [-0.05, 0) is 0 Å². The fourth-order valence-electron chi connectivity index (χ4n) is 5.64. The van der Waals surface area contributed by atoms with Crippen molar-refractivity contribution in [3.05, 3.63) is 81.9 Å². The van der Waals surface area contributed by atoms with Gasteiger partial charge in [0.05, 0.1) is 0 Å². The molecule has 0 radical (unpaired) electrons. The van der Waals surface area contributed by atoms with E-state index < -0.39 is 17.4 Å². The summed E-state index contributed by atoms with van der Waals surface area (Å²) in [4.78, 5) is 0. The molecule has 0 aromatic heterocycles. The van der Waals surface area contributed by atoms with Crippen LogP contribution in [-0.2, 0) is 17.4 Å². The van der Waals surface area contributed by atoms with E-state index in [0.717, 1.165) is 0 Å². The van der Waals surface area contributed by atoms with Gasteiger partial charge in [0.25, 0.3) is 0 Å². The van der Waals surface area contributed by atoms with Crippen molar-refractivity contribution in [2.45, 2.75) is 30.4 Å². The molecule has 0 fully saturated rings. The van der Waals surface area contributed by atoms with Crippen molar-refractivity contribution in [1.82, 2.24) is 0 Å². The number of fused-ring (bicyclic) bond motifs is 2. The van der Waals surface area contributed by atoms with Crippen molar-refractivity contribution >= 4 is 53.0 Å². The van der Waals surface area contributed by atoms with Crippen molar-refractivity contribution in [3.63, 3.8) is 0 Å². The first-order valence-corrected chi connectivity index (χ1v) is 22.6. The van der Waals surface area contributed by atoms with Gasteiger partial charge in [0.1, 0.15) is 0 Å². The summed E-state index contributed by atoms with van der Waals surface area (Å²) in [6, 6.07) is 18.1. The molecule has 0 nitrogen and oxygen atoms in total. The number of halogens is 2. The van der Waals surface area contributed by atoms with E-state index in [-0.39, 0.29) is 34.0 Å². The van der Waals surface area contributed by atoms with Crippen LogP contribution in [0.4, 0.5) is 0 Å². The van der Waals surface area contributed by atoms with Gasteiger partial charge in [-0.2, -0.15) is 0 Å². The average Bonchev–Trinajstić information content (AvgIpc) is 3.02. The molecule has 0 heterocycles. The zero-order valence-electron chi connectivity index (χ0n) is 16.0. The molecular weight excluding hydrogens is 543 g/mol. The van der Waals surface area contributed by atoms with Gasteiger partial charge in [0, 0.05) is 0 Å². The molecule has 138 valence electrons. The number of hydrogen-bond donors (Lipinski definition) is 0. The second-order valence-corrected chi connectivity index (χ2v) is 39.3. The van der Waals surface area contributed by atoms with E-state index in [1.165, 1.54) is 11.1 Å². The fraction of sp³-hybridized carbons (Fsp3) is 0.273. The summed E-state index contributed by atoms with van der Waals surface area (Å²) in [5, 5.41) is 0. The molecule has 2 atom stereocenters. The molecule has 2 aliphatic carbocycles. The second-order valence-electron chi connectivity index (χ2n) is 8.84. The molecule has 0 saturated heterocycles. The molecule has 0 spiro atoms. The van der Waals surface area contributed by atoms with Crippen molar-refractivity contribution < 1.29 is 17.4 Å². The monoisotopic (exact) mass is 568 g/mol. The standard InChI is InChI=1S/2C10H9.2CH3.2BrH.H2Si.Zr/c2*1-8-6-9-4-2-3-5-10(9)7-8;;;;;;/h2*2-7H,1H3;2*1H3;2*1H;1H2;. The fourth-order valence-corrected chi connectivity index (χ4v) is 26.9. The van der Waals surface area contributed by atoms with Gasteiger partial charge < -0.3 is 0 Å². The minimum atomic E-state index is -3.15. The molecular formula is C22H28Br2SiZr. The maximum atomic E-state index is 2.69. The number of rotatable bonds is 2. The minimum absolute atomic E-state index is 0. The van der Waals surface area contributed by atoms with Crippen molar-refractivity contribution in [2.24, 2.45) is 0 Å². The first kappa shape index (κ1) is 22.3. The molecule has 4 heteroatoms. The Hall–Kier alpha value is -0.0200. The van der Waals surface area contributed by atoms with E-state index in [1.54, 1.807) is 22.3 Å². The summed E-state index contributed by atoms with van der Waals surface area (Å²) in [7, 11) is 0. The SMILES string of the molecule is Br.Br.CC1=Cc2ccccc2[CH]1[Zr]([CH3])([CH3])(=[SiH2])[CH]1C(C)=Cc2ccccc21. The van der Waals surface area contributed by atoms with Crippen molar-refractivity contribution in [3.8, 4) is 0 Å². The summed E-state index contributed by atoms with van der Waals surface area (Å²) in [6.07, 6.45) is 4.88. The van der Waals surface area contributed by atoms with Crippen molar-refractivity contribution in [2.75, 3.05) is 0 Å². The quantitative estimate of drug-likeness (QED) is 0.348. The summed E-state index contributed by atoms with van der Waals surface area (Å²) >= 11 is -3.15. The molecule has 0 bridgehead atoms. The molecule has 2 unspecified atom stereocenters. The van der Waals surface area contributed by atoms with Crippen LogP contribution in [0.5, 0.6) is 0 Å². The maximum absolute atomic E-state index is 3.15. The summed E-state index contributed by atoms with van der Waals surface area (Å²) in [6.45, 7) is 7.13.